The maximum absolute atomic E-state index is 12.3. The molecule has 0 radical (unpaired) electrons. The van der Waals surface area contributed by atoms with E-state index in [1.54, 1.807) is 6.92 Å². The molecular formula is C11H17F3O4. The molecule has 0 heterocycles. The van der Waals surface area contributed by atoms with Gasteiger partial charge in [-0.05, 0) is 13.8 Å². The minimum atomic E-state index is -4.71. The highest BCUT2D eigenvalue weighted by Crippen LogP contribution is 2.32. The van der Waals surface area contributed by atoms with Gasteiger partial charge in [-0.15, -0.1) is 0 Å². The molecule has 0 saturated heterocycles. The van der Waals surface area contributed by atoms with E-state index in [-0.39, 0.29) is 25.4 Å². The molecule has 0 aromatic heterocycles. The van der Waals surface area contributed by atoms with E-state index < -0.39 is 24.2 Å². The van der Waals surface area contributed by atoms with Crippen molar-refractivity contribution in [2.45, 2.75) is 32.0 Å². The molecule has 0 bridgehead atoms. The molecule has 0 aliphatic heterocycles. The fourth-order valence-electron chi connectivity index (χ4n) is 0.900. The van der Waals surface area contributed by atoms with E-state index in [0.29, 0.717) is 6.92 Å². The fourth-order valence-corrected chi connectivity index (χ4v) is 0.900. The van der Waals surface area contributed by atoms with Gasteiger partial charge >= 0.3 is 12.1 Å². The van der Waals surface area contributed by atoms with Crippen molar-refractivity contribution in [1.82, 2.24) is 0 Å². The highest BCUT2D eigenvalue weighted by molar-refractivity contribution is 5.87. The molecule has 0 fully saturated rings. The molecule has 0 aliphatic rings. The van der Waals surface area contributed by atoms with Crippen LogP contribution in [-0.2, 0) is 14.3 Å². The molecule has 0 aromatic carbocycles. The van der Waals surface area contributed by atoms with Gasteiger partial charge in [0, 0.05) is 6.42 Å². The van der Waals surface area contributed by atoms with E-state index in [9.17, 15) is 18.0 Å². The Labute approximate surface area is 103 Å². The zero-order chi connectivity index (χ0) is 14.4. The molecule has 106 valence electrons. The molecular weight excluding hydrogens is 253 g/mol. The van der Waals surface area contributed by atoms with Crippen LogP contribution in [-0.4, -0.2) is 42.7 Å². The van der Waals surface area contributed by atoms with Gasteiger partial charge in [0.2, 0.25) is 0 Å². The Hall–Kier alpha value is -1.08. The zero-order valence-corrected chi connectivity index (χ0v) is 10.3. The lowest BCUT2D eigenvalue weighted by Gasteiger charge is -2.25. The summed E-state index contributed by atoms with van der Waals surface area (Å²) < 4.78 is 46.2. The molecule has 7 heteroatoms. The second-order valence-electron chi connectivity index (χ2n) is 3.90. The molecule has 0 aromatic rings. The molecule has 0 aliphatic carbocycles. The lowest BCUT2D eigenvalue weighted by Crippen LogP contribution is -2.43. The van der Waals surface area contributed by atoms with Crippen LogP contribution in [0.15, 0.2) is 12.2 Å². The first-order chi connectivity index (χ1) is 8.12. The van der Waals surface area contributed by atoms with E-state index in [2.05, 4.69) is 11.3 Å². The number of hydrogen-bond donors (Lipinski definition) is 1. The van der Waals surface area contributed by atoms with Crippen LogP contribution in [0, 0.1) is 0 Å². The average molecular weight is 270 g/mol. The first kappa shape index (κ1) is 16.9. The van der Waals surface area contributed by atoms with Crippen LogP contribution in [0.25, 0.3) is 0 Å². The summed E-state index contributed by atoms with van der Waals surface area (Å²) in [6.45, 7) is 5.26. The fraction of sp³-hybridized carbons (Fsp3) is 0.727. The minimum Gasteiger partial charge on any atom is -0.463 e. The average Bonchev–Trinajstić information content (AvgIpc) is 2.22. The third kappa shape index (κ3) is 5.50. The molecule has 1 atom stereocenters. The predicted octanol–water partition coefficient (Wildman–Crippen LogP) is 1.83. The summed E-state index contributed by atoms with van der Waals surface area (Å²) in [5.41, 5.74) is -2.79. The van der Waals surface area contributed by atoms with Crippen LogP contribution in [0.2, 0.25) is 0 Å². The topological polar surface area (TPSA) is 55.8 Å². The Balaban J connectivity index is 3.94. The molecule has 0 saturated carbocycles. The van der Waals surface area contributed by atoms with Crippen molar-refractivity contribution in [2.24, 2.45) is 0 Å². The lowest BCUT2D eigenvalue weighted by molar-refractivity contribution is -0.257. The van der Waals surface area contributed by atoms with Crippen molar-refractivity contribution >= 4 is 5.97 Å². The summed E-state index contributed by atoms with van der Waals surface area (Å²) in [6, 6.07) is 0. The van der Waals surface area contributed by atoms with E-state index in [1.807, 2.05) is 0 Å². The standard InChI is InChI=1S/C11H17F3O4/c1-4-18-9(15)8(2)7-17-6-5-10(3,16)11(12,13)14/h16H,2,4-7H2,1,3H3. The normalized spacial score (nSPS) is 15.0. The molecule has 0 rings (SSSR count). The minimum absolute atomic E-state index is 0.0171. The van der Waals surface area contributed by atoms with E-state index in [4.69, 9.17) is 9.84 Å². The third-order valence-electron chi connectivity index (χ3n) is 2.18. The largest absolute Gasteiger partial charge is 0.463 e. The van der Waals surface area contributed by atoms with E-state index >= 15 is 0 Å². The SMILES string of the molecule is C=C(COCCC(C)(O)C(F)(F)F)C(=O)OCC. The Bertz CT molecular complexity index is 297. The highest BCUT2D eigenvalue weighted by atomic mass is 19.4. The maximum atomic E-state index is 12.3. The maximum Gasteiger partial charge on any atom is 0.416 e. The number of esters is 1. The van der Waals surface area contributed by atoms with Crippen molar-refractivity contribution < 1.29 is 32.5 Å². The monoisotopic (exact) mass is 270 g/mol. The van der Waals surface area contributed by atoms with Crippen LogP contribution in [0.5, 0.6) is 0 Å². The number of hydrogen-bond acceptors (Lipinski definition) is 4. The molecule has 18 heavy (non-hydrogen) atoms. The van der Waals surface area contributed by atoms with Crippen molar-refractivity contribution in [3.8, 4) is 0 Å². The van der Waals surface area contributed by atoms with Gasteiger partial charge in [0.05, 0.1) is 25.4 Å². The number of rotatable bonds is 7. The molecule has 1 unspecified atom stereocenters. The Kier molecular flexibility index (Phi) is 6.34. The number of halogens is 3. The quantitative estimate of drug-likeness (QED) is 0.435. The van der Waals surface area contributed by atoms with Crippen LogP contribution < -0.4 is 0 Å². The van der Waals surface area contributed by atoms with Gasteiger partial charge in [0.25, 0.3) is 0 Å². The predicted molar refractivity (Wildman–Crippen MR) is 57.9 cm³/mol. The lowest BCUT2D eigenvalue weighted by atomic mass is 10.0. The van der Waals surface area contributed by atoms with Crippen molar-refractivity contribution in [3.63, 3.8) is 0 Å². The second kappa shape index (κ2) is 6.75. The van der Waals surface area contributed by atoms with Gasteiger partial charge in [0.1, 0.15) is 0 Å². The molecule has 4 nitrogen and oxygen atoms in total. The van der Waals surface area contributed by atoms with Gasteiger partial charge in [-0.3, -0.25) is 0 Å². The summed E-state index contributed by atoms with van der Waals surface area (Å²) in [7, 11) is 0. The summed E-state index contributed by atoms with van der Waals surface area (Å²) in [5.74, 6) is -0.653. The Morgan fingerprint density at radius 3 is 2.39 bits per heavy atom. The van der Waals surface area contributed by atoms with Gasteiger partial charge in [-0.25, -0.2) is 4.79 Å². The number of carbonyl (C=O) groups excluding carboxylic acids is 1. The second-order valence-corrected chi connectivity index (χ2v) is 3.90. The number of aliphatic hydroxyl groups is 1. The first-order valence-corrected chi connectivity index (χ1v) is 5.33. The number of alkyl halides is 3. The van der Waals surface area contributed by atoms with Gasteiger partial charge < -0.3 is 14.6 Å². The van der Waals surface area contributed by atoms with E-state index in [0.717, 1.165) is 0 Å². The summed E-state index contributed by atoms with van der Waals surface area (Å²) in [6.07, 6.45) is -5.33. The molecule has 1 N–H and O–H groups in total. The zero-order valence-electron chi connectivity index (χ0n) is 10.3. The summed E-state index contributed by atoms with van der Waals surface area (Å²) in [5, 5.41) is 9.09. The van der Waals surface area contributed by atoms with Gasteiger partial charge in [0.15, 0.2) is 5.60 Å². The highest BCUT2D eigenvalue weighted by Gasteiger charge is 2.49. The number of carbonyl (C=O) groups is 1. The Morgan fingerprint density at radius 1 is 1.39 bits per heavy atom. The van der Waals surface area contributed by atoms with Crippen LogP contribution in [0.3, 0.4) is 0 Å². The molecule has 0 spiro atoms. The van der Waals surface area contributed by atoms with Gasteiger partial charge in [-0.2, -0.15) is 13.2 Å². The van der Waals surface area contributed by atoms with Crippen LogP contribution in [0.1, 0.15) is 20.3 Å². The van der Waals surface area contributed by atoms with Gasteiger partial charge in [-0.1, -0.05) is 6.58 Å². The molecule has 0 amide bonds. The van der Waals surface area contributed by atoms with E-state index in [1.165, 1.54) is 0 Å². The van der Waals surface area contributed by atoms with Crippen LogP contribution in [0.4, 0.5) is 13.2 Å². The van der Waals surface area contributed by atoms with Crippen LogP contribution >= 0.6 is 0 Å². The summed E-state index contributed by atoms with van der Waals surface area (Å²) in [4.78, 5) is 11.1. The third-order valence-corrected chi connectivity index (χ3v) is 2.18. The first-order valence-electron chi connectivity index (χ1n) is 5.33. The number of ether oxygens (including phenoxy) is 2. The van der Waals surface area contributed by atoms with Crippen molar-refractivity contribution in [1.29, 1.82) is 0 Å². The van der Waals surface area contributed by atoms with Crippen molar-refractivity contribution in [3.05, 3.63) is 12.2 Å². The smallest absolute Gasteiger partial charge is 0.416 e. The summed E-state index contributed by atoms with van der Waals surface area (Å²) >= 11 is 0. The Morgan fingerprint density at radius 2 is 1.94 bits per heavy atom. The van der Waals surface area contributed by atoms with Crippen molar-refractivity contribution in [2.75, 3.05) is 19.8 Å².